The van der Waals surface area contributed by atoms with E-state index in [9.17, 15) is 0 Å². The summed E-state index contributed by atoms with van der Waals surface area (Å²) in [7, 11) is 0. The minimum absolute atomic E-state index is 0. The largest absolute Gasteiger partial charge is 0.454 e. The van der Waals surface area contributed by atoms with Crippen molar-refractivity contribution in [3.05, 3.63) is 28.8 Å². The summed E-state index contributed by atoms with van der Waals surface area (Å²) in [6, 6.07) is 6.67. The van der Waals surface area contributed by atoms with E-state index < -0.39 is 0 Å². The molecule has 2 aromatic rings. The van der Waals surface area contributed by atoms with Gasteiger partial charge in [-0.2, -0.15) is 13.5 Å². The fraction of sp³-hybridized carbons (Fsp3) is 0.579. The lowest BCUT2D eigenvalue weighted by molar-refractivity contribution is 0.161. The maximum atomic E-state index is 5.52. The minimum atomic E-state index is 0. The molecule has 2 aliphatic heterocycles. The Bertz CT molecular complexity index is 747. The molecule has 3 heterocycles. The molecule has 27 heavy (non-hydrogen) atoms. The number of hydrogen-bond donors (Lipinski definition) is 1. The zero-order valence-electron chi connectivity index (χ0n) is 15.9. The lowest BCUT2D eigenvalue weighted by Gasteiger charge is -2.35. The number of benzene rings is 1. The van der Waals surface area contributed by atoms with Crippen LogP contribution in [0.3, 0.4) is 0 Å². The molecule has 0 spiro atoms. The Hall–Kier alpha value is -1.51. The van der Waals surface area contributed by atoms with Crippen LogP contribution in [0.4, 0.5) is 5.13 Å². The third-order valence-electron chi connectivity index (χ3n) is 5.27. The topological polar surface area (TPSA) is 59.5 Å². The summed E-state index contributed by atoms with van der Waals surface area (Å²) in [5.41, 5.74) is 1.29. The predicted octanol–water partition coefficient (Wildman–Crippen LogP) is 4.14. The molecular formula is C19H28N4O2S2. The average molecular weight is 409 g/mol. The Morgan fingerprint density at radius 2 is 2.00 bits per heavy atom. The van der Waals surface area contributed by atoms with Gasteiger partial charge in [0.25, 0.3) is 0 Å². The minimum Gasteiger partial charge on any atom is -0.454 e. The Kier molecular flexibility index (Phi) is 6.83. The molecule has 0 bridgehead atoms. The molecule has 148 valence electrons. The summed E-state index contributed by atoms with van der Waals surface area (Å²) in [4.78, 5) is 2.55. The highest BCUT2D eigenvalue weighted by molar-refractivity contribution is 7.59. The molecule has 0 radical (unpaired) electrons. The van der Waals surface area contributed by atoms with Crippen molar-refractivity contribution >= 4 is 30.0 Å². The first-order valence-corrected chi connectivity index (χ1v) is 10.3. The molecule has 2 aliphatic rings. The van der Waals surface area contributed by atoms with Crippen molar-refractivity contribution in [3.8, 4) is 11.5 Å². The van der Waals surface area contributed by atoms with Gasteiger partial charge in [0.1, 0.15) is 5.01 Å². The number of anilines is 1. The van der Waals surface area contributed by atoms with Crippen molar-refractivity contribution in [3.63, 3.8) is 0 Å². The number of hydrogen-bond acceptors (Lipinski definition) is 7. The Morgan fingerprint density at radius 3 is 2.78 bits per heavy atom. The number of nitrogens with one attached hydrogen (secondary N) is 1. The van der Waals surface area contributed by atoms with Crippen LogP contribution in [0.15, 0.2) is 18.2 Å². The molecule has 6 nitrogen and oxygen atoms in total. The molecule has 0 saturated carbocycles. The van der Waals surface area contributed by atoms with Gasteiger partial charge in [0.05, 0.1) is 0 Å². The summed E-state index contributed by atoms with van der Waals surface area (Å²) in [5, 5.41) is 14.2. The smallest absolute Gasteiger partial charge is 0.231 e. The molecule has 1 atom stereocenters. The van der Waals surface area contributed by atoms with E-state index in [4.69, 9.17) is 9.47 Å². The predicted molar refractivity (Wildman–Crippen MR) is 114 cm³/mol. The SMILES string of the molecule is CCCNc1nnc(C2CCN([C@@H](C)c3ccc4c(c3)OCO4)CC2)s1.S. The fourth-order valence-electron chi connectivity index (χ4n) is 3.62. The highest BCUT2D eigenvalue weighted by atomic mass is 32.1. The molecule has 0 amide bonds. The third kappa shape index (κ3) is 4.50. The van der Waals surface area contributed by atoms with Crippen LogP contribution in [-0.2, 0) is 0 Å². The van der Waals surface area contributed by atoms with Crippen LogP contribution in [0.25, 0.3) is 0 Å². The normalized spacial score (nSPS) is 18.1. The number of ether oxygens (including phenoxy) is 2. The molecule has 1 N–H and O–H groups in total. The number of nitrogens with zero attached hydrogens (tertiary/aromatic N) is 3. The van der Waals surface area contributed by atoms with Crippen molar-refractivity contribution in [2.45, 2.75) is 45.1 Å². The van der Waals surface area contributed by atoms with Crippen LogP contribution in [0, 0.1) is 0 Å². The van der Waals surface area contributed by atoms with Gasteiger partial charge in [-0.15, -0.1) is 10.2 Å². The summed E-state index contributed by atoms with van der Waals surface area (Å²) < 4.78 is 10.9. The molecule has 4 rings (SSSR count). The van der Waals surface area contributed by atoms with E-state index >= 15 is 0 Å². The molecule has 1 saturated heterocycles. The van der Waals surface area contributed by atoms with Crippen molar-refractivity contribution in [2.75, 3.05) is 31.7 Å². The summed E-state index contributed by atoms with van der Waals surface area (Å²) in [6.07, 6.45) is 3.37. The van der Waals surface area contributed by atoms with E-state index in [1.165, 1.54) is 10.6 Å². The van der Waals surface area contributed by atoms with Crippen molar-refractivity contribution in [1.82, 2.24) is 15.1 Å². The van der Waals surface area contributed by atoms with Crippen LogP contribution >= 0.6 is 24.8 Å². The van der Waals surface area contributed by atoms with Gasteiger partial charge in [-0.05, 0) is 57.0 Å². The number of fused-ring (bicyclic) bond motifs is 1. The standard InChI is InChI=1S/C19H26N4O2S.H2S/c1-3-8-20-19-22-21-18(26-19)14-6-9-23(10-7-14)13(2)15-4-5-16-17(11-15)25-12-24-16;/h4-5,11,13-14H,3,6-10,12H2,1-2H3,(H,20,22);1H2/t13-;/m0./s1. The highest BCUT2D eigenvalue weighted by Crippen LogP contribution is 2.38. The van der Waals surface area contributed by atoms with Gasteiger partial charge in [0, 0.05) is 18.5 Å². The first-order valence-electron chi connectivity index (χ1n) is 9.45. The van der Waals surface area contributed by atoms with Gasteiger partial charge in [-0.1, -0.05) is 24.3 Å². The molecule has 1 aromatic heterocycles. The Labute approximate surface area is 171 Å². The molecule has 8 heteroatoms. The van der Waals surface area contributed by atoms with Crippen LogP contribution in [-0.4, -0.2) is 41.5 Å². The quantitative estimate of drug-likeness (QED) is 0.775. The van der Waals surface area contributed by atoms with Crippen molar-refractivity contribution in [2.24, 2.45) is 0 Å². The molecule has 1 aromatic carbocycles. The van der Waals surface area contributed by atoms with Crippen LogP contribution in [0.2, 0.25) is 0 Å². The second-order valence-corrected chi connectivity index (χ2v) is 7.98. The maximum Gasteiger partial charge on any atom is 0.231 e. The first-order chi connectivity index (χ1) is 12.7. The van der Waals surface area contributed by atoms with Crippen LogP contribution < -0.4 is 14.8 Å². The first kappa shape index (κ1) is 20.2. The zero-order chi connectivity index (χ0) is 17.9. The number of rotatable bonds is 6. The van der Waals surface area contributed by atoms with E-state index in [0.29, 0.717) is 18.8 Å². The Balaban J connectivity index is 0.00000210. The maximum absolute atomic E-state index is 5.52. The Morgan fingerprint density at radius 1 is 1.22 bits per heavy atom. The number of aromatic nitrogens is 2. The summed E-state index contributed by atoms with van der Waals surface area (Å²) in [5.74, 6) is 2.25. The van der Waals surface area contributed by atoms with Crippen LogP contribution in [0.1, 0.15) is 55.6 Å². The monoisotopic (exact) mass is 408 g/mol. The van der Waals surface area contributed by atoms with Gasteiger partial charge in [0.15, 0.2) is 11.5 Å². The zero-order valence-corrected chi connectivity index (χ0v) is 17.7. The van der Waals surface area contributed by atoms with E-state index in [2.05, 4.69) is 46.4 Å². The van der Waals surface area contributed by atoms with E-state index in [1.807, 2.05) is 6.07 Å². The van der Waals surface area contributed by atoms with Gasteiger partial charge < -0.3 is 14.8 Å². The molecule has 0 unspecified atom stereocenters. The van der Waals surface area contributed by atoms with E-state index in [0.717, 1.165) is 55.5 Å². The third-order valence-corrected chi connectivity index (χ3v) is 6.32. The second kappa shape index (κ2) is 9.12. The van der Waals surface area contributed by atoms with Gasteiger partial charge in [-0.25, -0.2) is 0 Å². The average Bonchev–Trinajstić information content (AvgIpc) is 3.34. The van der Waals surface area contributed by atoms with Crippen LogP contribution in [0.5, 0.6) is 11.5 Å². The lowest BCUT2D eigenvalue weighted by Crippen LogP contribution is -2.35. The van der Waals surface area contributed by atoms with Gasteiger partial charge in [0.2, 0.25) is 11.9 Å². The molecule has 0 aliphatic carbocycles. The molecular weight excluding hydrogens is 380 g/mol. The van der Waals surface area contributed by atoms with Gasteiger partial charge in [-0.3, -0.25) is 4.90 Å². The van der Waals surface area contributed by atoms with E-state index in [1.54, 1.807) is 11.3 Å². The van der Waals surface area contributed by atoms with E-state index in [-0.39, 0.29) is 13.5 Å². The molecule has 1 fully saturated rings. The summed E-state index contributed by atoms with van der Waals surface area (Å²) in [6.45, 7) is 7.88. The van der Waals surface area contributed by atoms with Gasteiger partial charge >= 0.3 is 0 Å². The second-order valence-electron chi connectivity index (χ2n) is 6.97. The summed E-state index contributed by atoms with van der Waals surface area (Å²) >= 11 is 1.72. The lowest BCUT2D eigenvalue weighted by atomic mass is 9.95. The number of likely N-dealkylation sites (tertiary alicyclic amines) is 1. The number of piperidine rings is 1. The van der Waals surface area contributed by atoms with Crippen molar-refractivity contribution in [1.29, 1.82) is 0 Å². The highest BCUT2D eigenvalue weighted by Gasteiger charge is 2.27. The fourth-order valence-corrected chi connectivity index (χ4v) is 4.56. The van der Waals surface area contributed by atoms with Crippen molar-refractivity contribution < 1.29 is 9.47 Å².